The van der Waals surface area contributed by atoms with Gasteiger partial charge in [-0.15, -0.1) is 0 Å². The molecule has 0 aliphatic carbocycles. The Hall–Kier alpha value is -4.07. The molecule has 8 heteroatoms. The van der Waals surface area contributed by atoms with Gasteiger partial charge in [0.2, 0.25) is 0 Å². The molecule has 1 N–H and O–H groups in total. The summed E-state index contributed by atoms with van der Waals surface area (Å²) in [6.45, 7) is 6.46. The van der Waals surface area contributed by atoms with Gasteiger partial charge in [-0.3, -0.25) is 9.59 Å². The Bertz CT molecular complexity index is 1460. The number of benzene rings is 2. The molecule has 2 aromatic heterocycles. The molecule has 1 aliphatic rings. The van der Waals surface area contributed by atoms with Gasteiger partial charge in [-0.2, -0.15) is 0 Å². The minimum atomic E-state index is -0.361. The van der Waals surface area contributed by atoms with Gasteiger partial charge in [-0.1, -0.05) is 5.16 Å². The topological polar surface area (TPSA) is 88.3 Å². The number of hydrogen-bond acceptors (Lipinski definition) is 5. The fraction of sp³-hybridized carbons (Fsp3) is 0.286. The van der Waals surface area contributed by atoms with E-state index in [0.29, 0.717) is 39.2 Å². The van der Waals surface area contributed by atoms with Crippen LogP contribution in [-0.2, 0) is 0 Å². The molecule has 7 nitrogen and oxygen atoms in total. The predicted octanol–water partition coefficient (Wildman–Crippen LogP) is 5.91. The number of pyridine rings is 1. The van der Waals surface area contributed by atoms with Crippen molar-refractivity contribution in [2.24, 2.45) is 0 Å². The zero-order chi connectivity index (χ0) is 25.4. The van der Waals surface area contributed by atoms with Crippen LogP contribution >= 0.6 is 0 Å². The van der Waals surface area contributed by atoms with Crippen molar-refractivity contribution in [3.05, 3.63) is 76.7 Å². The number of rotatable bonds is 4. The molecule has 1 unspecified atom stereocenters. The molecule has 4 aromatic rings. The number of nitrogens with one attached hydrogen (secondary N) is 1. The molecule has 0 bridgehead atoms. The van der Waals surface area contributed by atoms with Gasteiger partial charge < -0.3 is 14.7 Å². The zero-order valence-corrected chi connectivity index (χ0v) is 20.5. The van der Waals surface area contributed by atoms with Crippen molar-refractivity contribution in [2.75, 3.05) is 11.9 Å². The van der Waals surface area contributed by atoms with E-state index >= 15 is 0 Å². The molecule has 2 amide bonds. The second-order valence-corrected chi connectivity index (χ2v) is 9.34. The standard InChI is InChI=1S/C28H27FN4O3/c1-16-14-20(28(35)33-13-5-4-6-17(33)2)9-12-23(16)30-26(34)22-15-24(19-7-10-21(29)11-8-19)31-27-25(22)18(3)32-36-27/h7-12,14-15,17H,4-6,13H2,1-3H3,(H,30,34). The highest BCUT2D eigenvalue weighted by Crippen LogP contribution is 2.29. The maximum atomic E-state index is 13.4. The Morgan fingerprint density at radius 1 is 1.08 bits per heavy atom. The quantitative estimate of drug-likeness (QED) is 0.387. The minimum Gasteiger partial charge on any atom is -0.336 e. The number of hydrogen-bond donors (Lipinski definition) is 1. The first-order valence-corrected chi connectivity index (χ1v) is 12.1. The van der Waals surface area contributed by atoms with Crippen LogP contribution in [0.2, 0.25) is 0 Å². The summed E-state index contributed by atoms with van der Waals surface area (Å²) < 4.78 is 18.8. The second-order valence-electron chi connectivity index (χ2n) is 9.34. The van der Waals surface area contributed by atoms with Gasteiger partial charge in [-0.05, 0) is 94.1 Å². The number of anilines is 1. The van der Waals surface area contributed by atoms with Gasteiger partial charge in [-0.25, -0.2) is 9.37 Å². The first kappa shape index (κ1) is 23.7. The third-order valence-electron chi connectivity index (χ3n) is 6.79. The van der Waals surface area contributed by atoms with E-state index in [2.05, 4.69) is 22.4 Å². The van der Waals surface area contributed by atoms with Gasteiger partial charge in [0.05, 0.1) is 22.3 Å². The highest BCUT2D eigenvalue weighted by molar-refractivity contribution is 6.13. The second kappa shape index (κ2) is 9.53. The van der Waals surface area contributed by atoms with Crippen molar-refractivity contribution >= 4 is 28.6 Å². The number of fused-ring (bicyclic) bond motifs is 1. The van der Waals surface area contributed by atoms with Crippen molar-refractivity contribution < 1.29 is 18.5 Å². The summed E-state index contributed by atoms with van der Waals surface area (Å²) in [7, 11) is 0. The van der Waals surface area contributed by atoms with Crippen LogP contribution in [0.15, 0.2) is 53.1 Å². The van der Waals surface area contributed by atoms with E-state index in [1.54, 1.807) is 37.3 Å². The molecule has 3 heterocycles. The van der Waals surface area contributed by atoms with E-state index in [4.69, 9.17) is 4.52 Å². The van der Waals surface area contributed by atoms with E-state index in [9.17, 15) is 14.0 Å². The number of carbonyl (C=O) groups excluding carboxylic acids is 2. The average Bonchev–Trinajstić information content (AvgIpc) is 3.25. The number of nitrogens with zero attached hydrogens (tertiary/aromatic N) is 3. The van der Waals surface area contributed by atoms with Crippen molar-refractivity contribution in [1.82, 2.24) is 15.0 Å². The molecule has 1 aliphatic heterocycles. The van der Waals surface area contributed by atoms with Gasteiger partial charge in [0, 0.05) is 29.4 Å². The van der Waals surface area contributed by atoms with Crippen LogP contribution in [0.1, 0.15) is 58.2 Å². The van der Waals surface area contributed by atoms with E-state index in [-0.39, 0.29) is 29.4 Å². The predicted molar refractivity (Wildman–Crippen MR) is 135 cm³/mol. The molecule has 36 heavy (non-hydrogen) atoms. The molecule has 184 valence electrons. The van der Waals surface area contributed by atoms with E-state index in [0.717, 1.165) is 31.4 Å². The van der Waals surface area contributed by atoms with Crippen molar-refractivity contribution in [3.63, 3.8) is 0 Å². The first-order chi connectivity index (χ1) is 17.3. The zero-order valence-electron chi connectivity index (χ0n) is 20.5. The van der Waals surface area contributed by atoms with Gasteiger partial charge in [0.15, 0.2) is 0 Å². The molecule has 0 saturated carbocycles. The normalized spacial score (nSPS) is 15.8. The Morgan fingerprint density at radius 3 is 2.58 bits per heavy atom. The van der Waals surface area contributed by atoms with Crippen LogP contribution in [0.5, 0.6) is 0 Å². The minimum absolute atomic E-state index is 0.0167. The number of carbonyl (C=O) groups is 2. The number of halogens is 1. The van der Waals surface area contributed by atoms with E-state index < -0.39 is 0 Å². The number of likely N-dealkylation sites (tertiary alicyclic amines) is 1. The maximum absolute atomic E-state index is 13.4. The summed E-state index contributed by atoms with van der Waals surface area (Å²) >= 11 is 0. The van der Waals surface area contributed by atoms with Gasteiger partial charge >= 0.3 is 0 Å². The van der Waals surface area contributed by atoms with Crippen molar-refractivity contribution in [3.8, 4) is 11.3 Å². The summed E-state index contributed by atoms with van der Waals surface area (Å²) in [5.74, 6) is -0.701. The third-order valence-corrected chi connectivity index (χ3v) is 6.79. The van der Waals surface area contributed by atoms with Gasteiger partial charge in [0.25, 0.3) is 17.5 Å². The summed E-state index contributed by atoms with van der Waals surface area (Å²) in [6.07, 6.45) is 3.18. The van der Waals surface area contributed by atoms with Crippen LogP contribution in [0.3, 0.4) is 0 Å². The fourth-order valence-corrected chi connectivity index (χ4v) is 4.73. The van der Waals surface area contributed by atoms with Crippen LogP contribution < -0.4 is 5.32 Å². The largest absolute Gasteiger partial charge is 0.336 e. The Kier molecular flexibility index (Phi) is 6.26. The molecule has 1 atom stereocenters. The lowest BCUT2D eigenvalue weighted by molar-refractivity contribution is 0.0635. The summed E-state index contributed by atoms with van der Waals surface area (Å²) in [5, 5.41) is 7.45. The molecule has 0 radical (unpaired) electrons. The van der Waals surface area contributed by atoms with E-state index in [1.165, 1.54) is 12.1 Å². The van der Waals surface area contributed by atoms with Crippen molar-refractivity contribution in [2.45, 2.75) is 46.1 Å². The Morgan fingerprint density at radius 2 is 1.86 bits per heavy atom. The molecule has 1 fully saturated rings. The summed E-state index contributed by atoms with van der Waals surface area (Å²) in [5.41, 5.74) is 4.23. The lowest BCUT2D eigenvalue weighted by Gasteiger charge is -2.33. The van der Waals surface area contributed by atoms with Gasteiger partial charge in [0.1, 0.15) is 5.82 Å². The highest BCUT2D eigenvalue weighted by atomic mass is 19.1. The summed E-state index contributed by atoms with van der Waals surface area (Å²) in [6, 6.07) is 13.1. The molecule has 0 spiro atoms. The average molecular weight is 487 g/mol. The van der Waals surface area contributed by atoms with Crippen LogP contribution in [0.4, 0.5) is 10.1 Å². The number of aromatic nitrogens is 2. The monoisotopic (exact) mass is 486 g/mol. The number of aryl methyl sites for hydroxylation is 2. The smallest absolute Gasteiger partial charge is 0.259 e. The van der Waals surface area contributed by atoms with Crippen molar-refractivity contribution in [1.29, 1.82) is 0 Å². The first-order valence-electron chi connectivity index (χ1n) is 12.1. The maximum Gasteiger partial charge on any atom is 0.259 e. The highest BCUT2D eigenvalue weighted by Gasteiger charge is 2.25. The summed E-state index contributed by atoms with van der Waals surface area (Å²) in [4.78, 5) is 32.9. The third kappa shape index (κ3) is 4.46. The van der Waals surface area contributed by atoms with Crippen LogP contribution in [0, 0.1) is 19.7 Å². The molecule has 5 rings (SSSR count). The molecular formula is C28H27FN4O3. The number of amides is 2. The molecule has 2 aromatic carbocycles. The molecular weight excluding hydrogens is 459 g/mol. The fourth-order valence-electron chi connectivity index (χ4n) is 4.73. The molecule has 1 saturated heterocycles. The number of piperidine rings is 1. The van der Waals surface area contributed by atoms with Crippen LogP contribution in [-0.4, -0.2) is 39.4 Å². The SMILES string of the molecule is Cc1cc(C(=O)N2CCCCC2C)ccc1NC(=O)c1cc(-c2ccc(F)cc2)nc2onc(C)c12. The Balaban J connectivity index is 1.44. The van der Waals surface area contributed by atoms with Crippen LogP contribution in [0.25, 0.3) is 22.4 Å². The van der Waals surface area contributed by atoms with E-state index in [1.807, 2.05) is 17.9 Å². The Labute approximate surface area is 208 Å². The lowest BCUT2D eigenvalue weighted by atomic mass is 10.0. The lowest BCUT2D eigenvalue weighted by Crippen LogP contribution is -2.42.